The Morgan fingerprint density at radius 2 is 1.79 bits per heavy atom. The van der Waals surface area contributed by atoms with Crippen LogP contribution in [0.15, 0.2) is 42.5 Å². The highest BCUT2D eigenvalue weighted by Crippen LogP contribution is 2.31. The minimum absolute atomic E-state index is 0.0338. The lowest BCUT2D eigenvalue weighted by Crippen LogP contribution is -2.38. The normalized spacial score (nSPS) is 13.0. The zero-order valence-electron chi connectivity index (χ0n) is 16.5. The highest BCUT2D eigenvalue weighted by molar-refractivity contribution is 6.39. The van der Waals surface area contributed by atoms with Gasteiger partial charge in [-0.1, -0.05) is 32.0 Å². The summed E-state index contributed by atoms with van der Waals surface area (Å²) in [6.07, 6.45) is 1.76. The molecule has 1 aliphatic heterocycles. The van der Waals surface area contributed by atoms with E-state index in [2.05, 4.69) is 10.6 Å². The van der Waals surface area contributed by atoms with Gasteiger partial charge in [0.05, 0.1) is 0 Å². The predicted octanol–water partition coefficient (Wildman–Crippen LogP) is 3.02. The van der Waals surface area contributed by atoms with Crippen LogP contribution in [0.25, 0.3) is 0 Å². The first-order valence-corrected chi connectivity index (χ1v) is 9.63. The number of nitrogens with zero attached hydrogens (tertiary/aromatic N) is 1. The molecule has 29 heavy (non-hydrogen) atoms. The van der Waals surface area contributed by atoms with Crippen LogP contribution in [0.4, 0.5) is 15.8 Å². The van der Waals surface area contributed by atoms with Crippen molar-refractivity contribution in [1.29, 1.82) is 0 Å². The molecular weight excluding hydrogens is 373 g/mol. The van der Waals surface area contributed by atoms with Gasteiger partial charge in [0.25, 0.3) is 0 Å². The Labute approximate surface area is 169 Å². The minimum Gasteiger partial charge on any atom is -0.344 e. The fourth-order valence-electron chi connectivity index (χ4n) is 3.25. The number of carbonyl (C=O) groups is 3. The molecular formula is C22H24FN3O3. The maximum Gasteiger partial charge on any atom is 0.313 e. The molecule has 0 fully saturated rings. The highest BCUT2D eigenvalue weighted by atomic mass is 19.1. The molecule has 0 radical (unpaired) electrons. The van der Waals surface area contributed by atoms with Crippen LogP contribution in [-0.4, -0.2) is 24.3 Å². The summed E-state index contributed by atoms with van der Waals surface area (Å²) in [6.45, 7) is 4.47. The number of fused-ring (bicyclic) bond motifs is 1. The van der Waals surface area contributed by atoms with E-state index in [4.69, 9.17) is 0 Å². The maximum atomic E-state index is 12.9. The molecule has 1 heterocycles. The Morgan fingerprint density at radius 1 is 1.07 bits per heavy atom. The number of carbonyl (C=O) groups excluding carboxylic acids is 3. The molecule has 0 bridgehead atoms. The van der Waals surface area contributed by atoms with Crippen molar-refractivity contribution in [3.63, 3.8) is 0 Å². The van der Waals surface area contributed by atoms with Gasteiger partial charge in [-0.2, -0.15) is 0 Å². The molecule has 0 saturated carbocycles. The molecule has 152 valence electrons. The van der Waals surface area contributed by atoms with Crippen molar-refractivity contribution >= 4 is 29.1 Å². The third-order valence-electron chi connectivity index (χ3n) is 4.79. The van der Waals surface area contributed by atoms with Crippen LogP contribution in [0.5, 0.6) is 0 Å². The summed E-state index contributed by atoms with van der Waals surface area (Å²) in [7, 11) is 0. The van der Waals surface area contributed by atoms with Crippen LogP contribution in [0.3, 0.4) is 0 Å². The van der Waals surface area contributed by atoms with Crippen LogP contribution >= 0.6 is 0 Å². The second-order valence-electron chi connectivity index (χ2n) is 7.35. The third-order valence-corrected chi connectivity index (χ3v) is 4.79. The molecule has 3 amide bonds. The zero-order chi connectivity index (χ0) is 21.0. The van der Waals surface area contributed by atoms with Gasteiger partial charge in [-0.05, 0) is 48.2 Å². The Morgan fingerprint density at radius 3 is 2.48 bits per heavy atom. The minimum atomic E-state index is -0.801. The van der Waals surface area contributed by atoms with Gasteiger partial charge < -0.3 is 15.5 Å². The van der Waals surface area contributed by atoms with E-state index in [0.29, 0.717) is 17.8 Å². The van der Waals surface area contributed by atoms with Gasteiger partial charge in [0, 0.05) is 30.4 Å². The van der Waals surface area contributed by atoms with Crippen molar-refractivity contribution in [3.05, 3.63) is 59.4 Å². The molecule has 2 aromatic rings. The summed E-state index contributed by atoms with van der Waals surface area (Å²) in [5.74, 6) is -2.05. The molecule has 0 unspecified atom stereocenters. The van der Waals surface area contributed by atoms with E-state index in [9.17, 15) is 18.8 Å². The van der Waals surface area contributed by atoms with Gasteiger partial charge in [0.2, 0.25) is 5.91 Å². The number of nitrogens with one attached hydrogen (secondary N) is 2. The fraction of sp³-hybridized carbons (Fsp3) is 0.318. The van der Waals surface area contributed by atoms with Crippen molar-refractivity contribution in [3.8, 4) is 0 Å². The van der Waals surface area contributed by atoms with Crippen LogP contribution in [0.2, 0.25) is 0 Å². The second kappa shape index (κ2) is 8.86. The van der Waals surface area contributed by atoms with E-state index < -0.39 is 11.8 Å². The smallest absolute Gasteiger partial charge is 0.313 e. The van der Waals surface area contributed by atoms with Gasteiger partial charge in [-0.25, -0.2) is 4.39 Å². The SMILES string of the molecule is CC(C)C(=O)N1CCCc2ccc(NC(=O)C(=O)NCc3ccc(F)cc3)cc21. The summed E-state index contributed by atoms with van der Waals surface area (Å²) in [5.41, 5.74) is 2.96. The van der Waals surface area contributed by atoms with E-state index >= 15 is 0 Å². The molecule has 7 heteroatoms. The molecule has 0 spiro atoms. The van der Waals surface area contributed by atoms with Crippen molar-refractivity contribution < 1.29 is 18.8 Å². The number of rotatable bonds is 4. The number of anilines is 2. The number of halogens is 1. The number of amides is 3. The molecule has 1 aliphatic rings. The van der Waals surface area contributed by atoms with E-state index in [0.717, 1.165) is 24.1 Å². The predicted molar refractivity (Wildman–Crippen MR) is 109 cm³/mol. The quantitative estimate of drug-likeness (QED) is 0.779. The van der Waals surface area contributed by atoms with Crippen LogP contribution in [-0.2, 0) is 27.3 Å². The standard InChI is InChI=1S/C22H24FN3O3/c1-14(2)22(29)26-11-3-4-16-7-10-18(12-19(16)26)25-21(28)20(27)24-13-15-5-8-17(23)9-6-15/h5-10,12,14H,3-4,11,13H2,1-2H3,(H,24,27)(H,25,28). The molecule has 3 rings (SSSR count). The van der Waals surface area contributed by atoms with Gasteiger partial charge >= 0.3 is 11.8 Å². The summed E-state index contributed by atoms with van der Waals surface area (Å²) in [5, 5.41) is 5.08. The first-order valence-electron chi connectivity index (χ1n) is 9.63. The molecule has 0 saturated heterocycles. The van der Waals surface area contributed by atoms with Crippen molar-refractivity contribution in [2.24, 2.45) is 5.92 Å². The Kier molecular flexibility index (Phi) is 6.26. The highest BCUT2D eigenvalue weighted by Gasteiger charge is 2.25. The summed E-state index contributed by atoms with van der Waals surface area (Å²) in [4.78, 5) is 38.5. The largest absolute Gasteiger partial charge is 0.344 e. The lowest BCUT2D eigenvalue weighted by molar-refractivity contribution is -0.136. The first-order chi connectivity index (χ1) is 13.8. The summed E-state index contributed by atoms with van der Waals surface area (Å²) >= 11 is 0. The van der Waals surface area contributed by atoms with Gasteiger partial charge in [0.15, 0.2) is 0 Å². The van der Waals surface area contributed by atoms with Crippen LogP contribution in [0, 0.1) is 11.7 Å². The lowest BCUT2D eigenvalue weighted by atomic mass is 9.99. The molecule has 0 atom stereocenters. The number of hydrogen-bond acceptors (Lipinski definition) is 3. The molecule has 2 aromatic carbocycles. The Balaban J connectivity index is 1.66. The average molecular weight is 397 g/mol. The fourth-order valence-corrected chi connectivity index (χ4v) is 3.25. The third kappa shape index (κ3) is 4.99. The Bertz CT molecular complexity index is 925. The first kappa shape index (κ1) is 20.5. The monoisotopic (exact) mass is 397 g/mol. The van der Waals surface area contributed by atoms with Gasteiger partial charge in [-0.15, -0.1) is 0 Å². The van der Waals surface area contributed by atoms with Crippen LogP contribution < -0.4 is 15.5 Å². The van der Waals surface area contributed by atoms with E-state index in [1.165, 1.54) is 24.3 Å². The zero-order valence-corrected chi connectivity index (χ0v) is 16.5. The van der Waals surface area contributed by atoms with Gasteiger partial charge in [0.1, 0.15) is 5.82 Å². The van der Waals surface area contributed by atoms with Gasteiger partial charge in [-0.3, -0.25) is 14.4 Å². The molecule has 0 aromatic heterocycles. The number of benzene rings is 2. The summed E-state index contributed by atoms with van der Waals surface area (Å²) in [6, 6.07) is 11.0. The lowest BCUT2D eigenvalue weighted by Gasteiger charge is -2.31. The Hall–Kier alpha value is -3.22. The number of hydrogen-bond donors (Lipinski definition) is 2. The van der Waals surface area contributed by atoms with E-state index in [1.54, 1.807) is 17.0 Å². The van der Waals surface area contributed by atoms with Crippen molar-refractivity contribution in [2.75, 3.05) is 16.8 Å². The topological polar surface area (TPSA) is 78.5 Å². The van der Waals surface area contributed by atoms with E-state index in [1.807, 2.05) is 19.9 Å². The summed E-state index contributed by atoms with van der Waals surface area (Å²) < 4.78 is 12.9. The molecule has 2 N–H and O–H groups in total. The second-order valence-corrected chi connectivity index (χ2v) is 7.35. The number of aryl methyl sites for hydroxylation is 1. The van der Waals surface area contributed by atoms with Crippen molar-refractivity contribution in [2.45, 2.75) is 33.2 Å². The van der Waals surface area contributed by atoms with E-state index in [-0.39, 0.29) is 24.2 Å². The van der Waals surface area contributed by atoms with Crippen molar-refractivity contribution in [1.82, 2.24) is 5.32 Å². The molecule has 0 aliphatic carbocycles. The van der Waals surface area contributed by atoms with Crippen LogP contribution in [0.1, 0.15) is 31.4 Å². The maximum absolute atomic E-state index is 12.9. The average Bonchev–Trinajstić information content (AvgIpc) is 2.72. The molecule has 6 nitrogen and oxygen atoms in total.